The highest BCUT2D eigenvalue weighted by molar-refractivity contribution is 9.10. The average molecular weight is 335 g/mol. The van der Waals surface area contributed by atoms with Crippen molar-refractivity contribution in [2.75, 3.05) is 11.4 Å². The second-order valence-electron chi connectivity index (χ2n) is 4.71. The van der Waals surface area contributed by atoms with Crippen molar-refractivity contribution >= 4 is 27.5 Å². The van der Waals surface area contributed by atoms with E-state index in [-0.39, 0.29) is 5.91 Å². The third-order valence-corrected chi connectivity index (χ3v) is 3.76. The molecular formula is C16H19BrN2O. The number of benzene rings is 1. The Hall–Kier alpha value is -1.55. The minimum absolute atomic E-state index is 0.0314. The van der Waals surface area contributed by atoms with Crippen molar-refractivity contribution in [2.24, 2.45) is 0 Å². The van der Waals surface area contributed by atoms with Crippen LogP contribution < -0.4 is 4.90 Å². The number of amides is 1. The molecule has 1 heterocycles. The summed E-state index contributed by atoms with van der Waals surface area (Å²) in [7, 11) is 0. The number of carbonyl (C=O) groups is 1. The number of aromatic nitrogens is 1. The van der Waals surface area contributed by atoms with Gasteiger partial charge in [0, 0.05) is 29.4 Å². The second-order valence-corrected chi connectivity index (χ2v) is 5.63. The molecule has 0 atom stereocenters. The van der Waals surface area contributed by atoms with E-state index in [4.69, 9.17) is 0 Å². The van der Waals surface area contributed by atoms with Crippen molar-refractivity contribution in [1.29, 1.82) is 0 Å². The third kappa shape index (κ3) is 2.96. The van der Waals surface area contributed by atoms with Gasteiger partial charge >= 0.3 is 0 Å². The lowest BCUT2D eigenvalue weighted by atomic mass is 10.2. The lowest BCUT2D eigenvalue weighted by Gasteiger charge is -2.21. The molecule has 20 heavy (non-hydrogen) atoms. The highest BCUT2D eigenvalue weighted by Crippen LogP contribution is 2.21. The molecule has 0 aliphatic heterocycles. The summed E-state index contributed by atoms with van der Waals surface area (Å²) < 4.78 is 2.89. The van der Waals surface area contributed by atoms with Crippen molar-refractivity contribution < 1.29 is 4.79 Å². The zero-order valence-corrected chi connectivity index (χ0v) is 13.6. The molecule has 0 saturated heterocycles. The fourth-order valence-corrected chi connectivity index (χ4v) is 2.69. The van der Waals surface area contributed by atoms with Gasteiger partial charge in [0.15, 0.2) is 0 Å². The molecule has 0 aliphatic rings. The van der Waals surface area contributed by atoms with Crippen LogP contribution in [0.2, 0.25) is 0 Å². The minimum Gasteiger partial charge on any atom is -0.343 e. The monoisotopic (exact) mass is 334 g/mol. The summed E-state index contributed by atoms with van der Waals surface area (Å²) in [6.45, 7) is 7.49. The Kier molecular flexibility index (Phi) is 4.65. The molecule has 106 valence electrons. The van der Waals surface area contributed by atoms with E-state index in [0.29, 0.717) is 12.2 Å². The Morgan fingerprint density at radius 3 is 2.45 bits per heavy atom. The summed E-state index contributed by atoms with van der Waals surface area (Å²) in [4.78, 5) is 14.5. The van der Waals surface area contributed by atoms with Gasteiger partial charge in [-0.2, -0.15) is 0 Å². The number of rotatable bonds is 4. The minimum atomic E-state index is 0.0314. The van der Waals surface area contributed by atoms with Crippen LogP contribution in [0.3, 0.4) is 0 Å². The van der Waals surface area contributed by atoms with E-state index in [0.717, 1.165) is 16.7 Å². The van der Waals surface area contributed by atoms with Crippen LogP contribution in [0.1, 0.15) is 29.9 Å². The zero-order valence-electron chi connectivity index (χ0n) is 12.1. The van der Waals surface area contributed by atoms with Crippen LogP contribution in [0, 0.1) is 6.92 Å². The molecule has 1 aromatic heterocycles. The molecule has 2 rings (SSSR count). The van der Waals surface area contributed by atoms with Crippen LogP contribution in [0.15, 0.2) is 41.0 Å². The summed E-state index contributed by atoms with van der Waals surface area (Å²) in [5.74, 6) is 0.0314. The predicted molar refractivity (Wildman–Crippen MR) is 86.3 cm³/mol. The molecule has 0 N–H and O–H groups in total. The fourth-order valence-electron chi connectivity index (χ4n) is 2.22. The molecule has 0 saturated carbocycles. The maximum atomic E-state index is 12.7. The first-order valence-corrected chi connectivity index (χ1v) is 7.60. The summed E-state index contributed by atoms with van der Waals surface area (Å²) in [5.41, 5.74) is 2.84. The van der Waals surface area contributed by atoms with Gasteiger partial charge in [-0.3, -0.25) is 4.79 Å². The molecule has 0 aliphatic carbocycles. The van der Waals surface area contributed by atoms with Crippen molar-refractivity contribution in [3.8, 4) is 0 Å². The number of halogens is 1. The molecule has 1 amide bonds. The molecule has 2 aromatic rings. The molecule has 0 fully saturated rings. The summed E-state index contributed by atoms with van der Waals surface area (Å²) >= 11 is 3.44. The van der Waals surface area contributed by atoms with E-state index < -0.39 is 0 Å². The van der Waals surface area contributed by atoms with Gasteiger partial charge < -0.3 is 9.47 Å². The summed E-state index contributed by atoms with van der Waals surface area (Å²) in [6.07, 6.45) is 1.94. The number of anilines is 1. The van der Waals surface area contributed by atoms with Crippen LogP contribution in [0.25, 0.3) is 0 Å². The predicted octanol–water partition coefficient (Wildman–Crippen LogP) is 4.25. The zero-order chi connectivity index (χ0) is 14.7. The van der Waals surface area contributed by atoms with Gasteiger partial charge in [-0.1, -0.05) is 17.7 Å². The molecule has 1 aromatic carbocycles. The first-order valence-electron chi connectivity index (χ1n) is 6.81. The number of aryl methyl sites for hydroxylation is 2. The maximum absolute atomic E-state index is 12.7. The van der Waals surface area contributed by atoms with Crippen LogP contribution >= 0.6 is 15.9 Å². The van der Waals surface area contributed by atoms with E-state index >= 15 is 0 Å². The van der Waals surface area contributed by atoms with Crippen LogP contribution in [0.5, 0.6) is 0 Å². The van der Waals surface area contributed by atoms with E-state index in [2.05, 4.69) is 15.9 Å². The van der Waals surface area contributed by atoms with Crippen molar-refractivity contribution in [3.05, 3.63) is 52.3 Å². The van der Waals surface area contributed by atoms with Gasteiger partial charge in [0.05, 0.1) is 0 Å². The van der Waals surface area contributed by atoms with Crippen molar-refractivity contribution in [2.45, 2.75) is 27.3 Å². The van der Waals surface area contributed by atoms with E-state index in [1.807, 2.05) is 61.9 Å². The van der Waals surface area contributed by atoms with Gasteiger partial charge in [0.1, 0.15) is 5.69 Å². The van der Waals surface area contributed by atoms with E-state index in [1.165, 1.54) is 5.56 Å². The SMILES string of the molecule is CCN(C(=O)c1cc(Br)cn1CC)c1ccc(C)cc1. The quantitative estimate of drug-likeness (QED) is 0.820. The third-order valence-electron chi connectivity index (χ3n) is 3.33. The Balaban J connectivity index is 2.36. The number of nitrogens with zero attached hydrogens (tertiary/aromatic N) is 2. The smallest absolute Gasteiger partial charge is 0.274 e. The van der Waals surface area contributed by atoms with E-state index in [9.17, 15) is 4.79 Å². The average Bonchev–Trinajstić information content (AvgIpc) is 2.82. The molecular weight excluding hydrogens is 316 g/mol. The largest absolute Gasteiger partial charge is 0.343 e. The number of hydrogen-bond acceptors (Lipinski definition) is 1. The Morgan fingerprint density at radius 1 is 1.25 bits per heavy atom. The van der Waals surface area contributed by atoms with Crippen LogP contribution in [-0.4, -0.2) is 17.0 Å². The number of carbonyl (C=O) groups excluding carboxylic acids is 1. The first kappa shape index (κ1) is 14.9. The topological polar surface area (TPSA) is 25.2 Å². The highest BCUT2D eigenvalue weighted by Gasteiger charge is 2.19. The highest BCUT2D eigenvalue weighted by atomic mass is 79.9. The van der Waals surface area contributed by atoms with Gasteiger partial charge in [-0.25, -0.2) is 0 Å². The van der Waals surface area contributed by atoms with Crippen molar-refractivity contribution in [3.63, 3.8) is 0 Å². The summed E-state index contributed by atoms with van der Waals surface area (Å²) in [5, 5.41) is 0. The van der Waals surface area contributed by atoms with Gasteiger partial charge in [0.25, 0.3) is 5.91 Å². The van der Waals surface area contributed by atoms with Crippen LogP contribution in [-0.2, 0) is 6.54 Å². The summed E-state index contributed by atoms with van der Waals surface area (Å²) in [6, 6.07) is 9.92. The van der Waals surface area contributed by atoms with Gasteiger partial charge in [-0.15, -0.1) is 0 Å². The Labute approximate surface area is 128 Å². The van der Waals surface area contributed by atoms with E-state index in [1.54, 1.807) is 4.90 Å². The second kappa shape index (κ2) is 6.27. The van der Waals surface area contributed by atoms with Gasteiger partial charge in [-0.05, 0) is 54.9 Å². The Morgan fingerprint density at radius 2 is 1.90 bits per heavy atom. The molecule has 4 heteroatoms. The normalized spacial score (nSPS) is 10.6. The number of hydrogen-bond donors (Lipinski definition) is 0. The molecule has 0 unspecified atom stereocenters. The maximum Gasteiger partial charge on any atom is 0.274 e. The van der Waals surface area contributed by atoms with Gasteiger partial charge in [0.2, 0.25) is 0 Å². The molecule has 0 radical (unpaired) electrons. The van der Waals surface area contributed by atoms with Crippen molar-refractivity contribution in [1.82, 2.24) is 4.57 Å². The van der Waals surface area contributed by atoms with Crippen LogP contribution in [0.4, 0.5) is 5.69 Å². The fraction of sp³-hybridized carbons (Fsp3) is 0.312. The lowest BCUT2D eigenvalue weighted by Crippen LogP contribution is -2.32. The molecule has 0 spiro atoms. The standard InChI is InChI=1S/C16H19BrN2O/c1-4-18-11-13(17)10-15(18)16(20)19(5-2)14-8-6-12(3)7-9-14/h6-11H,4-5H2,1-3H3. The molecule has 3 nitrogen and oxygen atoms in total. The lowest BCUT2D eigenvalue weighted by molar-refractivity contribution is 0.0979. The Bertz CT molecular complexity index is 601. The first-order chi connectivity index (χ1) is 9.56. The molecule has 0 bridgehead atoms.